The van der Waals surface area contributed by atoms with Crippen LogP contribution in [0.5, 0.6) is 11.5 Å². The predicted molar refractivity (Wildman–Crippen MR) is 107 cm³/mol. The summed E-state index contributed by atoms with van der Waals surface area (Å²) >= 11 is 4.01. The summed E-state index contributed by atoms with van der Waals surface area (Å²) in [4.78, 5) is 0. The Morgan fingerprint density at radius 2 is 0.920 bits per heavy atom. The molecule has 0 aliphatic carbocycles. The number of benzene rings is 4. The van der Waals surface area contributed by atoms with Crippen LogP contribution >= 0.6 is 26.3 Å². The third-order valence-corrected chi connectivity index (χ3v) is 8.06. The van der Waals surface area contributed by atoms with E-state index >= 15 is 0 Å². The Bertz CT molecular complexity index is 956. The number of halogens is 2. The van der Waals surface area contributed by atoms with Gasteiger partial charge in [0.25, 0.3) is 0 Å². The molecule has 0 aromatic heterocycles. The predicted octanol–water partition coefficient (Wildman–Crippen LogP) is 7.05. The Morgan fingerprint density at radius 1 is 0.520 bits per heavy atom. The van der Waals surface area contributed by atoms with Gasteiger partial charge in [0.15, 0.2) is 0 Å². The van der Waals surface area contributed by atoms with Crippen molar-refractivity contribution < 1.29 is 19.8 Å². The second kappa shape index (κ2) is 7.12. The first-order chi connectivity index (χ1) is 12.1. The van der Waals surface area contributed by atoms with Crippen LogP contribution in [-0.2, 0) is 13.2 Å². The molecule has 4 aromatic carbocycles. The van der Waals surface area contributed by atoms with Crippen molar-refractivity contribution in [1.82, 2.24) is 0 Å². The van der Waals surface area contributed by atoms with Crippen LogP contribution in [0.4, 0.5) is 0 Å². The van der Waals surface area contributed by atoms with Gasteiger partial charge in [-0.15, -0.1) is 0 Å². The molecule has 25 heavy (non-hydrogen) atoms. The fraction of sp³-hybridized carbons (Fsp3) is 0. The molecule has 0 bridgehead atoms. The molecule has 0 amide bonds. The number of rotatable bonds is 4. The van der Waals surface area contributed by atoms with Gasteiger partial charge in [-0.2, -0.15) is 0 Å². The average molecular weight is 494 g/mol. The van der Waals surface area contributed by atoms with E-state index in [1.807, 2.05) is 48.5 Å². The van der Waals surface area contributed by atoms with E-state index in [2.05, 4.69) is 62.7 Å². The van der Waals surface area contributed by atoms with Crippen molar-refractivity contribution in [3.8, 4) is 11.5 Å². The molecule has 4 rings (SSSR count). The molecule has 0 spiro atoms. The molecule has 0 saturated carbocycles. The van der Waals surface area contributed by atoms with Gasteiger partial charge in [0.05, 0.1) is 0 Å². The zero-order chi connectivity index (χ0) is 17.3. The monoisotopic (exact) mass is 492 g/mol. The minimum absolute atomic E-state index is 0.812. The van der Waals surface area contributed by atoms with Gasteiger partial charge in [0, 0.05) is 0 Å². The van der Waals surface area contributed by atoms with E-state index in [0.29, 0.717) is 0 Å². The first kappa shape index (κ1) is 17.1. The number of hydrogen-bond donors (Lipinski definition) is 0. The normalized spacial score (nSPS) is 11.6. The maximum atomic E-state index is 6.27. The van der Waals surface area contributed by atoms with Crippen LogP contribution in [0, 0.1) is 0 Å². The molecule has 5 heteroatoms. The minimum atomic E-state index is -3.36. The van der Waals surface area contributed by atoms with Gasteiger partial charge in [-0.3, -0.25) is 0 Å². The summed E-state index contributed by atoms with van der Waals surface area (Å²) in [6.07, 6.45) is 0. The van der Waals surface area contributed by atoms with E-state index in [0.717, 1.165) is 33.0 Å². The van der Waals surface area contributed by atoms with Crippen LogP contribution in [-0.4, -0.2) is 0 Å². The van der Waals surface area contributed by atoms with Gasteiger partial charge < -0.3 is 0 Å². The molecule has 0 heterocycles. The van der Waals surface area contributed by atoms with E-state index in [1.165, 1.54) is 0 Å². The second-order valence-electron chi connectivity index (χ2n) is 5.62. The standard InChI is InChI=1S/2C10H8O.2BrH.Ti/c2*11-10-7-3-5-8-4-1-2-6-9(8)10;;;/h2*1-7,11H;2*1H;/q;;;;+4/p-4. The number of fused-ring (bicyclic) bond motifs is 2. The van der Waals surface area contributed by atoms with Crippen LogP contribution in [0.2, 0.25) is 0 Å². The van der Waals surface area contributed by atoms with Gasteiger partial charge in [-0.05, 0) is 0 Å². The first-order valence-electron chi connectivity index (χ1n) is 7.84. The third kappa shape index (κ3) is 3.77. The average Bonchev–Trinajstić information content (AvgIpc) is 2.62. The van der Waals surface area contributed by atoms with Crippen molar-refractivity contribution in [3.05, 3.63) is 84.9 Å². The van der Waals surface area contributed by atoms with Crippen LogP contribution in [0.25, 0.3) is 21.5 Å². The molecule has 0 atom stereocenters. The summed E-state index contributed by atoms with van der Waals surface area (Å²) in [6, 6.07) is 28.4. The fourth-order valence-electron chi connectivity index (χ4n) is 2.85. The van der Waals surface area contributed by atoms with Crippen LogP contribution in [0.3, 0.4) is 0 Å². The van der Waals surface area contributed by atoms with Crippen molar-refractivity contribution in [2.75, 3.05) is 0 Å². The summed E-state index contributed by atoms with van der Waals surface area (Å²) in [7, 11) is 0. The first-order valence-corrected chi connectivity index (χ1v) is 16.8. The molecule has 4 aromatic rings. The van der Waals surface area contributed by atoms with Crippen molar-refractivity contribution in [2.45, 2.75) is 0 Å². The van der Waals surface area contributed by atoms with Crippen molar-refractivity contribution >= 4 is 47.9 Å². The van der Waals surface area contributed by atoms with Crippen molar-refractivity contribution in [2.24, 2.45) is 0 Å². The summed E-state index contributed by atoms with van der Waals surface area (Å²) in [6.45, 7) is 0. The van der Waals surface area contributed by atoms with Gasteiger partial charge in [0.2, 0.25) is 0 Å². The number of hydrogen-bond acceptors (Lipinski definition) is 2. The topological polar surface area (TPSA) is 18.5 Å². The molecule has 0 fully saturated rings. The molecule has 0 aliphatic heterocycles. The third-order valence-electron chi connectivity index (χ3n) is 3.96. The molecule has 0 unspecified atom stereocenters. The Morgan fingerprint density at radius 3 is 1.40 bits per heavy atom. The molecule has 0 saturated heterocycles. The summed E-state index contributed by atoms with van der Waals surface area (Å²) in [5.74, 6) is 1.62. The quantitative estimate of drug-likeness (QED) is 0.283. The van der Waals surface area contributed by atoms with Crippen LogP contribution in [0.15, 0.2) is 84.9 Å². The van der Waals surface area contributed by atoms with Gasteiger partial charge in [0.1, 0.15) is 0 Å². The van der Waals surface area contributed by atoms with Crippen molar-refractivity contribution in [3.63, 3.8) is 0 Å². The van der Waals surface area contributed by atoms with E-state index in [1.54, 1.807) is 0 Å². The molecular formula is C20H14Br2O2Ti. The van der Waals surface area contributed by atoms with E-state index in [-0.39, 0.29) is 0 Å². The van der Waals surface area contributed by atoms with Gasteiger partial charge >= 0.3 is 164 Å². The Kier molecular flexibility index (Phi) is 4.87. The molecular weight excluding hydrogens is 480 g/mol. The van der Waals surface area contributed by atoms with Crippen LogP contribution < -0.4 is 6.64 Å². The second-order valence-corrected chi connectivity index (χ2v) is 20.7. The molecule has 0 radical (unpaired) electrons. The zero-order valence-electron chi connectivity index (χ0n) is 13.2. The van der Waals surface area contributed by atoms with Crippen LogP contribution in [0.1, 0.15) is 0 Å². The molecule has 0 aliphatic rings. The molecule has 0 N–H and O–H groups in total. The van der Waals surface area contributed by atoms with Gasteiger partial charge in [-0.25, -0.2) is 0 Å². The van der Waals surface area contributed by atoms with E-state index in [9.17, 15) is 0 Å². The Hall–Kier alpha value is -1.33. The zero-order valence-corrected chi connectivity index (χ0v) is 17.9. The Labute approximate surface area is 163 Å². The fourth-order valence-corrected chi connectivity index (χ4v) is 7.14. The molecule has 2 nitrogen and oxygen atoms in total. The van der Waals surface area contributed by atoms with Crippen molar-refractivity contribution in [1.29, 1.82) is 0 Å². The SMILES string of the molecule is [Br][Ti]([Br])([O]c1cccc2ccccc12)[O]c1cccc2ccccc12. The summed E-state index contributed by atoms with van der Waals surface area (Å²) < 4.78 is 12.5. The van der Waals surface area contributed by atoms with Gasteiger partial charge in [-0.1, -0.05) is 0 Å². The maximum absolute atomic E-state index is 6.27. The van der Waals surface area contributed by atoms with E-state index < -0.39 is 13.2 Å². The van der Waals surface area contributed by atoms with E-state index in [4.69, 9.17) is 6.64 Å². The Balaban J connectivity index is 1.67. The molecule has 124 valence electrons. The summed E-state index contributed by atoms with van der Waals surface area (Å²) in [5.41, 5.74) is 0. The summed E-state index contributed by atoms with van der Waals surface area (Å²) in [5, 5.41) is 4.42.